The van der Waals surface area contributed by atoms with Gasteiger partial charge in [0.1, 0.15) is 0 Å². The van der Waals surface area contributed by atoms with Crippen molar-refractivity contribution >= 4 is 11.8 Å². The number of nitrogens with zero attached hydrogens (tertiary/aromatic N) is 1. The zero-order valence-electron chi connectivity index (χ0n) is 12.7. The third kappa shape index (κ3) is 4.45. The van der Waals surface area contributed by atoms with E-state index in [1.165, 1.54) is 0 Å². The Kier molecular flexibility index (Phi) is 5.72. The van der Waals surface area contributed by atoms with Gasteiger partial charge in [-0.15, -0.1) is 0 Å². The van der Waals surface area contributed by atoms with Crippen molar-refractivity contribution in [2.75, 3.05) is 6.54 Å². The molecule has 114 valence electrons. The second-order valence-electron chi connectivity index (χ2n) is 4.99. The Morgan fingerprint density at radius 3 is 1.73 bits per heavy atom. The van der Waals surface area contributed by atoms with E-state index in [1.807, 2.05) is 60.7 Å². The third-order valence-electron chi connectivity index (χ3n) is 3.25. The van der Waals surface area contributed by atoms with Gasteiger partial charge in [0.25, 0.3) is 0 Å². The first kappa shape index (κ1) is 15.8. The highest BCUT2D eigenvalue weighted by Gasteiger charge is 2.21. The van der Waals surface area contributed by atoms with Crippen LogP contribution >= 0.6 is 0 Å². The monoisotopic (exact) mass is 296 g/mol. The van der Waals surface area contributed by atoms with Crippen molar-refractivity contribution in [3.05, 3.63) is 71.8 Å². The van der Waals surface area contributed by atoms with Crippen molar-refractivity contribution in [1.29, 1.82) is 0 Å². The molecule has 2 aromatic rings. The molecular formula is C18H20N2O2. The maximum Gasteiger partial charge on any atom is 0.312 e. The first-order valence-electron chi connectivity index (χ1n) is 7.35. The standard InChI is InChI=1S/C18H20N2O2/c1-2-19-17(21)18(22)20(13-15-9-5-3-6-10-15)14-16-11-7-4-8-12-16/h3-12H,2,13-14H2,1H3,(H,19,21). The molecule has 0 aliphatic rings. The predicted molar refractivity (Wildman–Crippen MR) is 85.8 cm³/mol. The summed E-state index contributed by atoms with van der Waals surface area (Å²) in [5, 5.41) is 2.57. The molecule has 0 aromatic heterocycles. The van der Waals surface area contributed by atoms with Crippen molar-refractivity contribution in [3.63, 3.8) is 0 Å². The Morgan fingerprint density at radius 1 is 0.864 bits per heavy atom. The van der Waals surface area contributed by atoms with Crippen LogP contribution in [-0.2, 0) is 22.7 Å². The summed E-state index contributed by atoms with van der Waals surface area (Å²) in [5.74, 6) is -1.07. The molecule has 0 saturated carbocycles. The first-order chi connectivity index (χ1) is 10.7. The van der Waals surface area contributed by atoms with Crippen LogP contribution in [0.15, 0.2) is 60.7 Å². The lowest BCUT2D eigenvalue weighted by Crippen LogP contribution is -2.42. The number of amides is 2. The van der Waals surface area contributed by atoms with Crippen LogP contribution in [0.2, 0.25) is 0 Å². The van der Waals surface area contributed by atoms with E-state index < -0.39 is 11.8 Å². The molecule has 1 N–H and O–H groups in total. The molecule has 0 fully saturated rings. The molecule has 4 nitrogen and oxygen atoms in total. The number of benzene rings is 2. The number of likely N-dealkylation sites (N-methyl/N-ethyl adjacent to an activating group) is 1. The van der Waals surface area contributed by atoms with E-state index >= 15 is 0 Å². The minimum atomic E-state index is -0.561. The fourth-order valence-corrected chi connectivity index (χ4v) is 2.19. The molecule has 0 heterocycles. The Balaban J connectivity index is 2.16. The van der Waals surface area contributed by atoms with Gasteiger partial charge in [-0.05, 0) is 18.1 Å². The molecule has 0 spiro atoms. The second-order valence-corrected chi connectivity index (χ2v) is 4.99. The minimum Gasteiger partial charge on any atom is -0.348 e. The van der Waals surface area contributed by atoms with E-state index in [-0.39, 0.29) is 0 Å². The summed E-state index contributed by atoms with van der Waals surface area (Å²) < 4.78 is 0. The van der Waals surface area contributed by atoms with Crippen LogP contribution in [0.1, 0.15) is 18.1 Å². The number of hydrogen-bond donors (Lipinski definition) is 1. The van der Waals surface area contributed by atoms with Crippen LogP contribution in [0, 0.1) is 0 Å². The Labute approximate surface area is 130 Å². The average molecular weight is 296 g/mol. The van der Waals surface area contributed by atoms with Gasteiger partial charge in [-0.1, -0.05) is 60.7 Å². The van der Waals surface area contributed by atoms with Crippen molar-refractivity contribution < 1.29 is 9.59 Å². The van der Waals surface area contributed by atoms with Gasteiger partial charge in [-0.25, -0.2) is 0 Å². The maximum absolute atomic E-state index is 12.4. The second kappa shape index (κ2) is 7.98. The molecule has 0 aliphatic heterocycles. The van der Waals surface area contributed by atoms with Gasteiger partial charge in [-0.2, -0.15) is 0 Å². The zero-order chi connectivity index (χ0) is 15.8. The summed E-state index contributed by atoms with van der Waals surface area (Å²) in [7, 11) is 0. The maximum atomic E-state index is 12.4. The van der Waals surface area contributed by atoms with E-state index in [9.17, 15) is 9.59 Å². The molecule has 2 aromatic carbocycles. The van der Waals surface area contributed by atoms with E-state index in [0.717, 1.165) is 11.1 Å². The lowest BCUT2D eigenvalue weighted by molar-refractivity contribution is -0.146. The fourth-order valence-electron chi connectivity index (χ4n) is 2.19. The van der Waals surface area contributed by atoms with Crippen LogP contribution in [0.4, 0.5) is 0 Å². The molecule has 0 bridgehead atoms. The SMILES string of the molecule is CCNC(=O)C(=O)N(Cc1ccccc1)Cc1ccccc1. The van der Waals surface area contributed by atoms with E-state index in [2.05, 4.69) is 5.32 Å². The van der Waals surface area contributed by atoms with Crippen molar-refractivity contribution in [1.82, 2.24) is 10.2 Å². The Bertz CT molecular complexity index is 570. The van der Waals surface area contributed by atoms with Crippen LogP contribution in [-0.4, -0.2) is 23.3 Å². The predicted octanol–water partition coefficient (Wildman–Crippen LogP) is 2.35. The molecule has 2 amide bonds. The summed E-state index contributed by atoms with van der Waals surface area (Å²) in [5.41, 5.74) is 1.99. The summed E-state index contributed by atoms with van der Waals surface area (Å²) in [6, 6.07) is 19.3. The van der Waals surface area contributed by atoms with Crippen LogP contribution < -0.4 is 5.32 Å². The summed E-state index contributed by atoms with van der Waals surface area (Å²) in [6.45, 7) is 3.05. The molecule has 2 rings (SSSR count). The fraction of sp³-hybridized carbons (Fsp3) is 0.222. The lowest BCUT2D eigenvalue weighted by atomic mass is 10.1. The molecule has 0 aliphatic carbocycles. The van der Waals surface area contributed by atoms with Crippen LogP contribution in [0.5, 0.6) is 0 Å². The number of carbonyl (C=O) groups is 2. The number of hydrogen-bond acceptors (Lipinski definition) is 2. The quantitative estimate of drug-likeness (QED) is 0.861. The Hall–Kier alpha value is -2.62. The zero-order valence-corrected chi connectivity index (χ0v) is 12.7. The smallest absolute Gasteiger partial charge is 0.312 e. The first-order valence-corrected chi connectivity index (χ1v) is 7.35. The Morgan fingerprint density at radius 2 is 1.32 bits per heavy atom. The number of nitrogens with one attached hydrogen (secondary N) is 1. The summed E-state index contributed by atoms with van der Waals surface area (Å²) >= 11 is 0. The van der Waals surface area contributed by atoms with Crippen molar-refractivity contribution in [2.45, 2.75) is 20.0 Å². The van der Waals surface area contributed by atoms with E-state index in [1.54, 1.807) is 11.8 Å². The molecule has 4 heteroatoms. The third-order valence-corrected chi connectivity index (χ3v) is 3.25. The van der Waals surface area contributed by atoms with Gasteiger partial charge in [0, 0.05) is 19.6 Å². The molecule has 0 atom stereocenters. The summed E-state index contributed by atoms with van der Waals surface area (Å²) in [6.07, 6.45) is 0. The largest absolute Gasteiger partial charge is 0.348 e. The van der Waals surface area contributed by atoms with Gasteiger partial charge in [0.15, 0.2) is 0 Å². The van der Waals surface area contributed by atoms with Gasteiger partial charge in [-0.3, -0.25) is 9.59 Å². The topological polar surface area (TPSA) is 49.4 Å². The molecule has 0 radical (unpaired) electrons. The van der Waals surface area contributed by atoms with Gasteiger partial charge in [0.2, 0.25) is 0 Å². The van der Waals surface area contributed by atoms with Crippen LogP contribution in [0.3, 0.4) is 0 Å². The average Bonchev–Trinajstić information content (AvgIpc) is 2.56. The van der Waals surface area contributed by atoms with E-state index in [0.29, 0.717) is 19.6 Å². The van der Waals surface area contributed by atoms with Crippen LogP contribution in [0.25, 0.3) is 0 Å². The molecular weight excluding hydrogens is 276 g/mol. The number of rotatable bonds is 5. The molecule has 0 unspecified atom stereocenters. The highest BCUT2D eigenvalue weighted by molar-refractivity contribution is 6.34. The molecule has 0 saturated heterocycles. The minimum absolute atomic E-state index is 0.408. The highest BCUT2D eigenvalue weighted by atomic mass is 16.2. The summed E-state index contributed by atoms with van der Waals surface area (Å²) in [4.78, 5) is 25.8. The van der Waals surface area contributed by atoms with E-state index in [4.69, 9.17) is 0 Å². The van der Waals surface area contributed by atoms with Gasteiger partial charge in [0.05, 0.1) is 0 Å². The van der Waals surface area contributed by atoms with Gasteiger partial charge >= 0.3 is 11.8 Å². The molecule has 22 heavy (non-hydrogen) atoms. The van der Waals surface area contributed by atoms with Gasteiger partial charge < -0.3 is 10.2 Å². The highest BCUT2D eigenvalue weighted by Crippen LogP contribution is 2.10. The normalized spacial score (nSPS) is 10.0. The van der Waals surface area contributed by atoms with Crippen molar-refractivity contribution in [3.8, 4) is 0 Å². The lowest BCUT2D eigenvalue weighted by Gasteiger charge is -2.22. The van der Waals surface area contributed by atoms with Crippen molar-refractivity contribution in [2.24, 2.45) is 0 Å². The number of carbonyl (C=O) groups excluding carboxylic acids is 2.